The summed E-state index contributed by atoms with van der Waals surface area (Å²) in [5.74, 6) is 0.858. The van der Waals surface area contributed by atoms with E-state index in [0.717, 1.165) is 22.3 Å². The van der Waals surface area contributed by atoms with E-state index in [9.17, 15) is 0 Å². The second-order valence-corrected chi connectivity index (χ2v) is 7.28. The zero-order valence-electron chi connectivity index (χ0n) is 12.3. The third-order valence-corrected chi connectivity index (χ3v) is 5.23. The molecule has 21 heavy (non-hydrogen) atoms. The van der Waals surface area contributed by atoms with E-state index in [0.29, 0.717) is 0 Å². The Balaban J connectivity index is 1.82. The standard InChI is InChI=1S/C16H17N3S2/c1-10-5-4-6-11(2)15(10)17-16-19-18-13(9-20-16)14-8-7-12(3)21-14/h4-8H,9H2,1-3H3,(H,17,19). The number of benzene rings is 1. The lowest BCUT2D eigenvalue weighted by Crippen LogP contribution is -2.24. The molecule has 2 aromatic rings. The number of thioether (sulfide) groups is 1. The van der Waals surface area contributed by atoms with E-state index in [-0.39, 0.29) is 0 Å². The Morgan fingerprint density at radius 2 is 1.86 bits per heavy atom. The highest BCUT2D eigenvalue weighted by Gasteiger charge is 2.15. The number of nitrogens with zero attached hydrogens (tertiary/aromatic N) is 2. The van der Waals surface area contributed by atoms with Crippen molar-refractivity contribution < 1.29 is 0 Å². The Hall–Kier alpha value is -1.59. The van der Waals surface area contributed by atoms with Gasteiger partial charge in [0.1, 0.15) is 0 Å². The number of thiophene rings is 1. The molecule has 0 radical (unpaired) electrons. The van der Waals surface area contributed by atoms with Crippen molar-refractivity contribution in [3.63, 3.8) is 0 Å². The minimum Gasteiger partial charge on any atom is -0.255 e. The summed E-state index contributed by atoms with van der Waals surface area (Å²) >= 11 is 3.48. The van der Waals surface area contributed by atoms with E-state index in [2.05, 4.69) is 61.6 Å². The van der Waals surface area contributed by atoms with Crippen molar-refractivity contribution in [1.29, 1.82) is 0 Å². The van der Waals surface area contributed by atoms with Crippen LogP contribution < -0.4 is 5.43 Å². The average Bonchev–Trinajstić information content (AvgIpc) is 2.90. The molecule has 0 amide bonds. The molecule has 1 aliphatic rings. The van der Waals surface area contributed by atoms with Crippen LogP contribution in [0.3, 0.4) is 0 Å². The van der Waals surface area contributed by atoms with Gasteiger partial charge in [-0.05, 0) is 44.0 Å². The van der Waals surface area contributed by atoms with E-state index in [4.69, 9.17) is 4.99 Å². The Bertz CT molecular complexity index is 709. The van der Waals surface area contributed by atoms with Crippen LogP contribution in [0.5, 0.6) is 0 Å². The van der Waals surface area contributed by atoms with Crippen molar-refractivity contribution in [2.24, 2.45) is 10.1 Å². The van der Waals surface area contributed by atoms with Gasteiger partial charge in [-0.15, -0.1) is 11.3 Å². The van der Waals surface area contributed by atoms with E-state index in [1.54, 1.807) is 23.1 Å². The predicted molar refractivity (Wildman–Crippen MR) is 94.2 cm³/mol. The lowest BCUT2D eigenvalue weighted by atomic mass is 10.1. The van der Waals surface area contributed by atoms with Crippen molar-refractivity contribution in [2.45, 2.75) is 20.8 Å². The number of hydrogen-bond acceptors (Lipinski definition) is 4. The summed E-state index contributed by atoms with van der Waals surface area (Å²) in [5.41, 5.74) is 7.60. The number of para-hydroxylation sites is 1. The minimum atomic E-state index is 0.858. The lowest BCUT2D eigenvalue weighted by Gasteiger charge is -2.14. The van der Waals surface area contributed by atoms with Gasteiger partial charge in [0.25, 0.3) is 0 Å². The van der Waals surface area contributed by atoms with Gasteiger partial charge in [-0.25, -0.2) is 4.99 Å². The second kappa shape index (κ2) is 6.03. The van der Waals surface area contributed by atoms with E-state index >= 15 is 0 Å². The largest absolute Gasteiger partial charge is 0.255 e. The SMILES string of the molecule is Cc1ccc(C2=NNC(=Nc3c(C)cccc3C)SC2)s1. The van der Waals surface area contributed by atoms with E-state index < -0.39 is 0 Å². The van der Waals surface area contributed by atoms with Gasteiger partial charge in [0.2, 0.25) is 0 Å². The summed E-state index contributed by atoms with van der Waals surface area (Å²) in [4.78, 5) is 7.26. The number of hydrazone groups is 1. The van der Waals surface area contributed by atoms with Gasteiger partial charge in [-0.1, -0.05) is 30.0 Å². The quantitative estimate of drug-likeness (QED) is 0.891. The van der Waals surface area contributed by atoms with Crippen LogP contribution in [-0.4, -0.2) is 16.6 Å². The first-order valence-corrected chi connectivity index (χ1v) is 8.61. The summed E-state index contributed by atoms with van der Waals surface area (Å²) in [6.07, 6.45) is 0. The van der Waals surface area contributed by atoms with E-state index in [1.807, 2.05) is 0 Å². The fraction of sp³-hybridized carbons (Fsp3) is 0.250. The van der Waals surface area contributed by atoms with Crippen LogP contribution in [-0.2, 0) is 0 Å². The first-order valence-electron chi connectivity index (χ1n) is 6.80. The summed E-state index contributed by atoms with van der Waals surface area (Å²) in [6.45, 7) is 6.29. The highest BCUT2D eigenvalue weighted by molar-refractivity contribution is 8.14. The molecule has 0 unspecified atom stereocenters. The van der Waals surface area contributed by atoms with Crippen molar-refractivity contribution in [3.8, 4) is 0 Å². The highest BCUT2D eigenvalue weighted by atomic mass is 32.2. The Morgan fingerprint density at radius 3 is 2.43 bits per heavy atom. The number of nitrogens with one attached hydrogen (secondary N) is 1. The van der Waals surface area contributed by atoms with Crippen LogP contribution in [0.4, 0.5) is 5.69 Å². The zero-order valence-corrected chi connectivity index (χ0v) is 13.9. The molecule has 0 bridgehead atoms. The first kappa shape index (κ1) is 14.4. The average molecular weight is 315 g/mol. The highest BCUT2D eigenvalue weighted by Crippen LogP contribution is 2.26. The van der Waals surface area contributed by atoms with Gasteiger partial charge < -0.3 is 0 Å². The topological polar surface area (TPSA) is 36.8 Å². The van der Waals surface area contributed by atoms with Crippen LogP contribution in [0, 0.1) is 20.8 Å². The molecule has 1 aromatic carbocycles. The van der Waals surface area contributed by atoms with Crippen LogP contribution >= 0.6 is 23.1 Å². The van der Waals surface area contributed by atoms with Gasteiger partial charge in [0.15, 0.2) is 5.17 Å². The van der Waals surface area contributed by atoms with Crippen molar-refractivity contribution in [1.82, 2.24) is 5.43 Å². The molecule has 3 nitrogen and oxygen atoms in total. The van der Waals surface area contributed by atoms with Crippen molar-refractivity contribution in [2.75, 3.05) is 5.75 Å². The van der Waals surface area contributed by atoms with Crippen LogP contribution in [0.25, 0.3) is 0 Å². The molecule has 1 aromatic heterocycles. The lowest BCUT2D eigenvalue weighted by molar-refractivity contribution is 1.03. The Morgan fingerprint density at radius 1 is 1.10 bits per heavy atom. The molecule has 0 aliphatic carbocycles. The molecular formula is C16H17N3S2. The van der Waals surface area contributed by atoms with Crippen molar-refractivity contribution in [3.05, 3.63) is 51.2 Å². The number of amidine groups is 1. The smallest absolute Gasteiger partial charge is 0.182 e. The van der Waals surface area contributed by atoms with Gasteiger partial charge in [0.05, 0.1) is 16.3 Å². The van der Waals surface area contributed by atoms with Gasteiger partial charge in [0, 0.05) is 10.6 Å². The molecule has 5 heteroatoms. The van der Waals surface area contributed by atoms with Gasteiger partial charge in [-0.2, -0.15) is 5.10 Å². The maximum Gasteiger partial charge on any atom is 0.182 e. The molecule has 0 spiro atoms. The first-order chi connectivity index (χ1) is 10.1. The molecule has 1 N–H and O–H groups in total. The van der Waals surface area contributed by atoms with Crippen LogP contribution in [0.1, 0.15) is 20.9 Å². The van der Waals surface area contributed by atoms with Crippen molar-refractivity contribution >= 4 is 39.7 Å². The molecule has 108 valence electrons. The molecule has 1 aliphatic heterocycles. The molecule has 2 heterocycles. The number of aliphatic imine (C=N–C) groups is 1. The fourth-order valence-electron chi connectivity index (χ4n) is 2.17. The summed E-state index contributed by atoms with van der Waals surface area (Å²) in [5, 5.41) is 5.34. The number of hydrogen-bond donors (Lipinski definition) is 1. The zero-order chi connectivity index (χ0) is 14.8. The summed E-state index contributed by atoms with van der Waals surface area (Å²) in [6, 6.07) is 10.5. The van der Waals surface area contributed by atoms with Crippen LogP contribution in [0.15, 0.2) is 40.4 Å². The predicted octanol–water partition coefficient (Wildman–Crippen LogP) is 4.40. The fourth-order valence-corrected chi connectivity index (χ4v) is 3.88. The third-order valence-electron chi connectivity index (χ3n) is 3.31. The molecule has 0 saturated heterocycles. The molecule has 0 fully saturated rings. The van der Waals surface area contributed by atoms with Gasteiger partial charge in [-0.3, -0.25) is 5.43 Å². The van der Waals surface area contributed by atoms with Crippen LogP contribution in [0.2, 0.25) is 0 Å². The Labute approximate surface area is 133 Å². The molecule has 3 rings (SSSR count). The van der Waals surface area contributed by atoms with E-state index in [1.165, 1.54) is 20.9 Å². The molecular weight excluding hydrogens is 298 g/mol. The molecule has 0 atom stereocenters. The number of aryl methyl sites for hydroxylation is 3. The monoisotopic (exact) mass is 315 g/mol. The summed E-state index contributed by atoms with van der Waals surface area (Å²) in [7, 11) is 0. The molecule has 0 saturated carbocycles. The number of rotatable bonds is 2. The third kappa shape index (κ3) is 3.19. The maximum atomic E-state index is 4.72. The maximum absolute atomic E-state index is 4.72. The second-order valence-electron chi connectivity index (χ2n) is 5.03. The Kier molecular flexibility index (Phi) is 4.12. The minimum absolute atomic E-state index is 0.858. The normalized spacial score (nSPS) is 16.7. The van der Waals surface area contributed by atoms with Gasteiger partial charge >= 0.3 is 0 Å². The summed E-state index contributed by atoms with van der Waals surface area (Å²) < 4.78 is 0.